The number of rotatable bonds is 5. The molecule has 0 aliphatic rings. The van der Waals surface area contributed by atoms with Crippen molar-refractivity contribution < 1.29 is 21.9 Å². The molecule has 0 aliphatic carbocycles. The Hall–Kier alpha value is -3.42. The minimum atomic E-state index is -3.53. The lowest BCUT2D eigenvalue weighted by Gasteiger charge is -2.19. The lowest BCUT2D eigenvalue weighted by molar-refractivity contribution is 0.474. The van der Waals surface area contributed by atoms with Crippen LogP contribution in [0.15, 0.2) is 117 Å². The minimum absolute atomic E-state index is 0.0131. The van der Waals surface area contributed by atoms with E-state index in [1.165, 1.54) is 24.3 Å². The van der Waals surface area contributed by atoms with E-state index in [2.05, 4.69) is 34.6 Å². The Morgan fingerprint density at radius 2 is 0.897 bits per heavy atom. The Bertz CT molecular complexity index is 1590. The predicted molar refractivity (Wildman–Crippen MR) is 156 cm³/mol. The number of benzene rings is 4. The van der Waals surface area contributed by atoms with Crippen LogP contribution in [0.4, 0.5) is 0 Å². The minimum Gasteiger partial charge on any atom is -0.508 e. The summed E-state index contributed by atoms with van der Waals surface area (Å²) < 4.78 is 49.7. The molecule has 4 aromatic carbocycles. The molecule has 0 amide bonds. The maximum Gasteiger partial charge on any atom is 0.206 e. The fourth-order valence-corrected chi connectivity index (χ4v) is 6.30. The van der Waals surface area contributed by atoms with Crippen molar-refractivity contribution in [3.63, 3.8) is 0 Å². The molecule has 0 fully saturated rings. The predicted octanol–water partition coefficient (Wildman–Crippen LogP) is 7.47. The van der Waals surface area contributed by atoms with Crippen LogP contribution in [-0.4, -0.2) is 21.9 Å². The second kappa shape index (κ2) is 11.8. The third-order valence-electron chi connectivity index (χ3n) is 6.37. The summed E-state index contributed by atoms with van der Waals surface area (Å²) in [6, 6.07) is 26.6. The van der Waals surface area contributed by atoms with Gasteiger partial charge in [-0.05, 0) is 90.0 Å². The van der Waals surface area contributed by atoms with Crippen molar-refractivity contribution in [2.24, 2.45) is 0 Å². The van der Waals surface area contributed by atoms with Gasteiger partial charge in [-0.1, -0.05) is 76.6 Å². The van der Waals surface area contributed by atoms with Crippen LogP contribution in [0.1, 0.15) is 57.2 Å². The zero-order chi connectivity index (χ0) is 29.0. The SMILES string of the molecule is CC(C)(C)c1ccc(S(=O)(=O)c2ccc(O)cc2)cc1.Cc1ccc(S(=O)(=O)c2ccc(C(C)C)cc2)cc1. The van der Waals surface area contributed by atoms with E-state index in [9.17, 15) is 21.9 Å². The molecule has 206 valence electrons. The lowest BCUT2D eigenvalue weighted by Crippen LogP contribution is -2.11. The molecule has 5 nitrogen and oxygen atoms in total. The fraction of sp³-hybridized carbons (Fsp3) is 0.250. The molecule has 0 heterocycles. The van der Waals surface area contributed by atoms with Gasteiger partial charge in [0.1, 0.15) is 5.75 Å². The van der Waals surface area contributed by atoms with E-state index >= 15 is 0 Å². The van der Waals surface area contributed by atoms with Gasteiger partial charge in [0, 0.05) is 0 Å². The maximum absolute atomic E-state index is 12.4. The third kappa shape index (κ3) is 7.37. The molecule has 7 heteroatoms. The summed E-state index contributed by atoms with van der Waals surface area (Å²) in [5.74, 6) is 0.447. The van der Waals surface area contributed by atoms with Gasteiger partial charge in [-0.25, -0.2) is 16.8 Å². The molecule has 0 radical (unpaired) electrons. The summed E-state index contributed by atoms with van der Waals surface area (Å²) >= 11 is 0. The van der Waals surface area contributed by atoms with Crippen molar-refractivity contribution in [3.8, 4) is 5.75 Å². The second-order valence-electron chi connectivity index (χ2n) is 10.8. The third-order valence-corrected chi connectivity index (χ3v) is 9.94. The Balaban J connectivity index is 0.000000216. The monoisotopic (exact) mass is 564 g/mol. The number of hydrogen-bond acceptors (Lipinski definition) is 5. The van der Waals surface area contributed by atoms with Gasteiger partial charge in [0.25, 0.3) is 0 Å². The number of hydrogen-bond donors (Lipinski definition) is 1. The summed E-state index contributed by atoms with van der Waals surface area (Å²) in [4.78, 5) is 1.13. The molecular weight excluding hydrogens is 528 g/mol. The standard InChI is InChI=1S/C16H18O3S.C16H18O2S/c1-16(2,3)12-4-8-14(9-5-12)20(18,19)15-10-6-13(17)7-11-15;1-12(2)14-6-10-16(11-7-14)19(17,18)15-8-4-13(3)5-9-15/h4-11,17H,1-3H3;4-12H,1-3H3. The number of aromatic hydroxyl groups is 1. The summed E-state index contributed by atoms with van der Waals surface area (Å²) in [5.41, 5.74) is 3.26. The molecular formula is C32H36O5S2. The Labute approximate surface area is 233 Å². The molecule has 0 saturated heterocycles. The number of phenols is 1. The van der Waals surface area contributed by atoms with Crippen molar-refractivity contribution >= 4 is 19.7 Å². The smallest absolute Gasteiger partial charge is 0.206 e. The van der Waals surface area contributed by atoms with Crippen molar-refractivity contribution in [3.05, 3.63) is 114 Å². The molecule has 39 heavy (non-hydrogen) atoms. The van der Waals surface area contributed by atoms with Gasteiger partial charge in [0.15, 0.2) is 0 Å². The van der Waals surface area contributed by atoms with Gasteiger partial charge in [0.05, 0.1) is 19.6 Å². The first-order chi connectivity index (χ1) is 18.1. The summed E-state index contributed by atoms with van der Waals surface area (Å²) in [6.07, 6.45) is 0. The van der Waals surface area contributed by atoms with Crippen molar-refractivity contribution in [2.75, 3.05) is 0 Å². The highest BCUT2D eigenvalue weighted by Gasteiger charge is 2.20. The molecule has 0 saturated carbocycles. The van der Waals surface area contributed by atoms with E-state index in [0.717, 1.165) is 16.7 Å². The molecule has 0 aliphatic heterocycles. The first-order valence-electron chi connectivity index (χ1n) is 12.7. The van der Waals surface area contributed by atoms with Crippen LogP contribution < -0.4 is 0 Å². The van der Waals surface area contributed by atoms with Crippen molar-refractivity contribution in [1.29, 1.82) is 0 Å². The van der Waals surface area contributed by atoms with Crippen LogP contribution in [0, 0.1) is 6.92 Å². The average molecular weight is 565 g/mol. The van der Waals surface area contributed by atoms with Crippen molar-refractivity contribution in [2.45, 2.75) is 72.5 Å². The maximum atomic E-state index is 12.4. The number of phenolic OH excluding ortho intramolecular Hbond substituents is 1. The van der Waals surface area contributed by atoms with Crippen LogP contribution in [0.25, 0.3) is 0 Å². The molecule has 0 unspecified atom stereocenters. The van der Waals surface area contributed by atoms with E-state index in [1.54, 1.807) is 36.4 Å². The second-order valence-corrected chi connectivity index (χ2v) is 14.7. The molecule has 0 aromatic heterocycles. The van der Waals surface area contributed by atoms with E-state index in [0.29, 0.717) is 15.7 Å². The number of aryl methyl sites for hydroxylation is 1. The highest BCUT2D eigenvalue weighted by molar-refractivity contribution is 7.91. The molecule has 0 atom stereocenters. The van der Waals surface area contributed by atoms with Crippen LogP contribution in [0.5, 0.6) is 5.75 Å². The van der Waals surface area contributed by atoms with Crippen LogP contribution >= 0.6 is 0 Å². The normalized spacial score (nSPS) is 12.1. The Kier molecular flexibility index (Phi) is 9.08. The molecule has 1 N–H and O–H groups in total. The van der Waals surface area contributed by atoms with Crippen molar-refractivity contribution in [1.82, 2.24) is 0 Å². The van der Waals surface area contributed by atoms with Gasteiger partial charge >= 0.3 is 0 Å². The quantitative estimate of drug-likeness (QED) is 0.272. The zero-order valence-corrected chi connectivity index (χ0v) is 24.8. The van der Waals surface area contributed by atoms with Gasteiger partial charge < -0.3 is 5.11 Å². The summed E-state index contributed by atoms with van der Waals surface area (Å²) in [5, 5.41) is 9.22. The van der Waals surface area contributed by atoms with Crippen LogP contribution in [0.3, 0.4) is 0 Å². The molecule has 4 aromatic rings. The van der Waals surface area contributed by atoms with E-state index in [4.69, 9.17) is 0 Å². The number of sulfone groups is 2. The largest absolute Gasteiger partial charge is 0.508 e. The van der Waals surface area contributed by atoms with E-state index in [1.807, 2.05) is 43.3 Å². The topological polar surface area (TPSA) is 88.5 Å². The molecule has 4 rings (SSSR count). The Morgan fingerprint density at radius 1 is 0.564 bits per heavy atom. The molecule has 0 spiro atoms. The summed E-state index contributed by atoms with van der Waals surface area (Å²) in [7, 11) is -6.93. The first-order valence-corrected chi connectivity index (χ1v) is 15.7. The highest BCUT2D eigenvalue weighted by atomic mass is 32.2. The van der Waals surface area contributed by atoms with Gasteiger partial charge in [-0.2, -0.15) is 0 Å². The van der Waals surface area contributed by atoms with Gasteiger partial charge in [-0.15, -0.1) is 0 Å². The van der Waals surface area contributed by atoms with E-state index in [-0.39, 0.29) is 21.0 Å². The average Bonchev–Trinajstić information content (AvgIpc) is 2.89. The zero-order valence-electron chi connectivity index (χ0n) is 23.2. The Morgan fingerprint density at radius 3 is 1.26 bits per heavy atom. The van der Waals surface area contributed by atoms with Crippen LogP contribution in [0.2, 0.25) is 0 Å². The highest BCUT2D eigenvalue weighted by Crippen LogP contribution is 2.27. The first kappa shape index (κ1) is 30.1. The molecule has 0 bridgehead atoms. The fourth-order valence-electron chi connectivity index (χ4n) is 3.78. The van der Waals surface area contributed by atoms with Crippen LogP contribution in [-0.2, 0) is 25.1 Å². The summed E-state index contributed by atoms with van der Waals surface area (Å²) in [6.45, 7) is 12.4. The lowest BCUT2D eigenvalue weighted by atomic mass is 9.87. The van der Waals surface area contributed by atoms with Gasteiger partial charge in [0.2, 0.25) is 19.7 Å². The van der Waals surface area contributed by atoms with E-state index < -0.39 is 19.7 Å². The van der Waals surface area contributed by atoms with Gasteiger partial charge in [-0.3, -0.25) is 0 Å².